The molecule has 2 amide bonds. The number of hydrogen-bond acceptors (Lipinski definition) is 6. The third kappa shape index (κ3) is 4.45. The molecule has 0 saturated carbocycles. The van der Waals surface area contributed by atoms with E-state index in [0.717, 1.165) is 31.5 Å². The van der Waals surface area contributed by atoms with Crippen molar-refractivity contribution in [2.24, 2.45) is 0 Å². The Morgan fingerprint density at radius 3 is 2.59 bits per heavy atom. The minimum Gasteiger partial charge on any atom is -0.454 e. The number of amides is 2. The molecule has 0 unspecified atom stereocenters. The summed E-state index contributed by atoms with van der Waals surface area (Å²) in [5.74, 6) is -0.106. The standard InChI is InChI=1S/C24H25N3O6S/c28-23(25-12-17-7-8-20-21(11-17)33-16-32-20)15-34(30,31)22-13-27(19-6-2-1-5-18(19)22)14-24(29)26-9-3-4-10-26/h1-2,5-8,11,13H,3-4,9-10,12,14-16H2,(H,25,28). The summed E-state index contributed by atoms with van der Waals surface area (Å²) >= 11 is 0. The predicted octanol–water partition coefficient (Wildman–Crippen LogP) is 2.08. The van der Waals surface area contributed by atoms with Crippen molar-refractivity contribution in [1.82, 2.24) is 14.8 Å². The lowest BCUT2D eigenvalue weighted by molar-refractivity contribution is -0.130. The fraction of sp³-hybridized carbons (Fsp3) is 0.333. The predicted molar refractivity (Wildman–Crippen MR) is 124 cm³/mol. The van der Waals surface area contributed by atoms with Gasteiger partial charge in [-0.2, -0.15) is 0 Å². The Bertz CT molecular complexity index is 1360. The number of benzene rings is 2. The van der Waals surface area contributed by atoms with Crippen LogP contribution in [-0.4, -0.2) is 55.3 Å². The molecule has 0 spiro atoms. The van der Waals surface area contributed by atoms with Crippen LogP contribution in [0.3, 0.4) is 0 Å². The number of carbonyl (C=O) groups excluding carboxylic acids is 2. The summed E-state index contributed by atoms with van der Waals surface area (Å²) in [7, 11) is -3.94. The third-order valence-electron chi connectivity index (χ3n) is 6.10. The number of nitrogens with zero attached hydrogens (tertiary/aromatic N) is 2. The monoisotopic (exact) mass is 483 g/mol. The van der Waals surface area contributed by atoms with Crippen molar-refractivity contribution in [1.29, 1.82) is 0 Å². The summed E-state index contributed by atoms with van der Waals surface area (Å²) in [6.07, 6.45) is 3.44. The van der Waals surface area contributed by atoms with Gasteiger partial charge in [-0.05, 0) is 36.6 Å². The maximum Gasteiger partial charge on any atom is 0.242 e. The molecule has 1 fully saturated rings. The number of likely N-dealkylation sites (tertiary alicyclic amines) is 1. The Labute approximate surface area is 197 Å². The van der Waals surface area contributed by atoms with Crippen molar-refractivity contribution in [2.45, 2.75) is 30.8 Å². The largest absolute Gasteiger partial charge is 0.454 e. The van der Waals surface area contributed by atoms with Gasteiger partial charge in [0.05, 0.1) is 4.90 Å². The van der Waals surface area contributed by atoms with Crippen LogP contribution in [0.25, 0.3) is 10.9 Å². The SMILES string of the molecule is O=C(CS(=O)(=O)c1cn(CC(=O)N2CCCC2)c2ccccc12)NCc1ccc2c(c1)OCO2. The van der Waals surface area contributed by atoms with Crippen LogP contribution < -0.4 is 14.8 Å². The normalized spacial score (nSPS) is 15.1. The highest BCUT2D eigenvalue weighted by Crippen LogP contribution is 2.32. The Hall–Kier alpha value is -3.53. The lowest BCUT2D eigenvalue weighted by Crippen LogP contribution is -2.31. The van der Waals surface area contributed by atoms with Gasteiger partial charge >= 0.3 is 0 Å². The van der Waals surface area contributed by atoms with E-state index < -0.39 is 21.5 Å². The molecular weight excluding hydrogens is 458 g/mol. The molecule has 0 aliphatic carbocycles. The molecule has 2 aliphatic heterocycles. The highest BCUT2D eigenvalue weighted by Gasteiger charge is 2.26. The van der Waals surface area contributed by atoms with Crippen molar-refractivity contribution < 1.29 is 27.5 Å². The van der Waals surface area contributed by atoms with Crippen LogP contribution in [-0.2, 0) is 32.5 Å². The fourth-order valence-electron chi connectivity index (χ4n) is 4.36. The van der Waals surface area contributed by atoms with Crippen molar-refractivity contribution in [3.05, 3.63) is 54.2 Å². The van der Waals surface area contributed by atoms with Gasteiger partial charge in [-0.3, -0.25) is 9.59 Å². The van der Waals surface area contributed by atoms with Gasteiger partial charge in [-0.1, -0.05) is 24.3 Å². The first-order chi connectivity index (χ1) is 16.4. The summed E-state index contributed by atoms with van der Waals surface area (Å²) in [5.41, 5.74) is 1.42. The second kappa shape index (κ2) is 9.02. The Kier molecular flexibility index (Phi) is 5.91. The Balaban J connectivity index is 1.31. The van der Waals surface area contributed by atoms with Crippen LogP contribution in [0, 0.1) is 0 Å². The van der Waals surface area contributed by atoms with Gasteiger partial charge in [0, 0.05) is 36.7 Å². The molecule has 5 rings (SSSR count). The molecule has 178 valence electrons. The van der Waals surface area contributed by atoms with E-state index in [9.17, 15) is 18.0 Å². The number of carbonyl (C=O) groups is 2. The summed E-state index contributed by atoms with van der Waals surface area (Å²) in [5, 5.41) is 3.16. The van der Waals surface area contributed by atoms with Crippen LogP contribution >= 0.6 is 0 Å². The van der Waals surface area contributed by atoms with E-state index in [-0.39, 0.29) is 30.7 Å². The van der Waals surface area contributed by atoms with Crippen LogP contribution in [0.15, 0.2) is 53.6 Å². The lowest BCUT2D eigenvalue weighted by Gasteiger charge is -2.15. The molecule has 3 aromatic rings. The molecule has 1 aromatic heterocycles. The highest BCUT2D eigenvalue weighted by atomic mass is 32.2. The summed E-state index contributed by atoms with van der Waals surface area (Å²) < 4.78 is 38.6. The van der Waals surface area contributed by atoms with Gasteiger partial charge in [0.15, 0.2) is 21.3 Å². The van der Waals surface area contributed by atoms with Crippen LogP contribution in [0.1, 0.15) is 18.4 Å². The molecule has 34 heavy (non-hydrogen) atoms. The first kappa shape index (κ1) is 22.3. The number of nitrogens with one attached hydrogen (secondary N) is 1. The number of fused-ring (bicyclic) bond motifs is 2. The first-order valence-electron chi connectivity index (χ1n) is 11.1. The second-order valence-electron chi connectivity index (χ2n) is 8.45. The van der Waals surface area contributed by atoms with E-state index in [1.165, 1.54) is 6.20 Å². The van der Waals surface area contributed by atoms with Crippen molar-refractivity contribution >= 4 is 32.6 Å². The smallest absolute Gasteiger partial charge is 0.242 e. The summed E-state index contributed by atoms with van der Waals surface area (Å²) in [6, 6.07) is 12.3. The molecular formula is C24H25N3O6S. The zero-order valence-corrected chi connectivity index (χ0v) is 19.3. The average molecular weight is 484 g/mol. The van der Waals surface area contributed by atoms with E-state index in [1.807, 2.05) is 0 Å². The molecule has 2 aliphatic rings. The molecule has 10 heteroatoms. The van der Waals surface area contributed by atoms with Gasteiger partial charge in [0.1, 0.15) is 12.3 Å². The molecule has 0 radical (unpaired) electrons. The maximum atomic E-state index is 13.2. The number of hydrogen-bond donors (Lipinski definition) is 1. The highest BCUT2D eigenvalue weighted by molar-refractivity contribution is 7.92. The van der Waals surface area contributed by atoms with E-state index in [4.69, 9.17) is 9.47 Å². The molecule has 0 bridgehead atoms. The Morgan fingerprint density at radius 1 is 1.00 bits per heavy atom. The second-order valence-corrected chi connectivity index (χ2v) is 10.4. The summed E-state index contributed by atoms with van der Waals surface area (Å²) in [6.45, 7) is 1.84. The maximum absolute atomic E-state index is 13.2. The number of ether oxygens (including phenoxy) is 2. The van der Waals surface area contributed by atoms with Gasteiger partial charge in [0.25, 0.3) is 0 Å². The number of para-hydroxylation sites is 1. The first-order valence-corrected chi connectivity index (χ1v) is 12.8. The molecule has 2 aromatic carbocycles. The molecule has 9 nitrogen and oxygen atoms in total. The average Bonchev–Trinajstić information content (AvgIpc) is 3.57. The minimum atomic E-state index is -3.94. The van der Waals surface area contributed by atoms with E-state index in [0.29, 0.717) is 22.4 Å². The van der Waals surface area contributed by atoms with Gasteiger partial charge in [0.2, 0.25) is 18.6 Å². The fourth-order valence-corrected chi connectivity index (χ4v) is 5.76. The molecule has 1 N–H and O–H groups in total. The number of aromatic nitrogens is 1. The van der Waals surface area contributed by atoms with E-state index in [1.54, 1.807) is 51.9 Å². The third-order valence-corrected chi connectivity index (χ3v) is 7.74. The summed E-state index contributed by atoms with van der Waals surface area (Å²) in [4.78, 5) is 27.0. The van der Waals surface area contributed by atoms with Crippen LogP contribution in [0.2, 0.25) is 0 Å². The quantitative estimate of drug-likeness (QED) is 0.552. The number of rotatable bonds is 7. The van der Waals surface area contributed by atoms with E-state index in [2.05, 4.69) is 5.32 Å². The Morgan fingerprint density at radius 2 is 1.76 bits per heavy atom. The topological polar surface area (TPSA) is 107 Å². The zero-order chi connectivity index (χ0) is 23.7. The van der Waals surface area contributed by atoms with Crippen LogP contribution in [0.4, 0.5) is 0 Å². The number of sulfone groups is 1. The van der Waals surface area contributed by atoms with Gasteiger partial charge in [-0.25, -0.2) is 8.42 Å². The molecule has 3 heterocycles. The van der Waals surface area contributed by atoms with Crippen molar-refractivity contribution in [3.63, 3.8) is 0 Å². The zero-order valence-electron chi connectivity index (χ0n) is 18.5. The lowest BCUT2D eigenvalue weighted by atomic mass is 10.2. The van der Waals surface area contributed by atoms with Crippen molar-refractivity contribution in [2.75, 3.05) is 25.6 Å². The van der Waals surface area contributed by atoms with Crippen LogP contribution in [0.5, 0.6) is 11.5 Å². The minimum absolute atomic E-state index is 0.0383. The van der Waals surface area contributed by atoms with Gasteiger partial charge in [-0.15, -0.1) is 0 Å². The molecule has 0 atom stereocenters. The van der Waals surface area contributed by atoms with Crippen molar-refractivity contribution in [3.8, 4) is 11.5 Å². The van der Waals surface area contributed by atoms with E-state index >= 15 is 0 Å². The molecule has 1 saturated heterocycles. The van der Waals surface area contributed by atoms with Gasteiger partial charge < -0.3 is 24.3 Å².